The molecule has 0 amide bonds. The molecule has 4 heteroatoms. The Morgan fingerprint density at radius 3 is 1.66 bits per heavy atom. The van der Waals surface area contributed by atoms with Crippen LogP contribution < -0.4 is 0 Å². The van der Waals surface area contributed by atoms with Crippen molar-refractivity contribution in [2.45, 2.75) is 142 Å². The first-order valence-electron chi connectivity index (χ1n) is 13.8. The molecule has 0 aromatic carbocycles. The smallest absolute Gasteiger partial charge is 0.187 e. The lowest BCUT2D eigenvalue weighted by Gasteiger charge is -2.19. The summed E-state index contributed by atoms with van der Waals surface area (Å²) in [7, 11) is 1.64. The van der Waals surface area contributed by atoms with Gasteiger partial charge in [-0.1, -0.05) is 97.3 Å². The zero-order chi connectivity index (χ0) is 23.4. The Morgan fingerprint density at radius 1 is 0.594 bits per heavy atom. The van der Waals surface area contributed by atoms with Gasteiger partial charge in [0.05, 0.1) is 6.26 Å². The Morgan fingerprint density at radius 2 is 1.09 bits per heavy atom. The molecular formula is C28H56O4. The molecule has 0 aliphatic carbocycles. The highest BCUT2D eigenvalue weighted by atomic mass is 16.7. The van der Waals surface area contributed by atoms with Crippen molar-refractivity contribution < 1.29 is 18.9 Å². The summed E-state index contributed by atoms with van der Waals surface area (Å²) in [5.74, 6) is 0. The summed E-state index contributed by atoms with van der Waals surface area (Å²) >= 11 is 0. The van der Waals surface area contributed by atoms with Gasteiger partial charge in [0.15, 0.2) is 13.1 Å². The van der Waals surface area contributed by atoms with E-state index in [9.17, 15) is 0 Å². The number of hydrogen-bond donors (Lipinski definition) is 0. The molecule has 0 rings (SSSR count). The topological polar surface area (TPSA) is 36.9 Å². The van der Waals surface area contributed by atoms with Gasteiger partial charge in [-0.3, -0.25) is 0 Å². The Labute approximate surface area is 200 Å². The van der Waals surface area contributed by atoms with Crippen LogP contribution in [0.4, 0.5) is 0 Å². The molecule has 0 aliphatic heterocycles. The number of methoxy groups -OCH3 is 1. The molecular weight excluding hydrogens is 400 g/mol. The van der Waals surface area contributed by atoms with Crippen molar-refractivity contribution in [1.82, 2.24) is 0 Å². The van der Waals surface area contributed by atoms with Crippen LogP contribution in [-0.2, 0) is 18.9 Å². The van der Waals surface area contributed by atoms with E-state index in [1.54, 1.807) is 13.4 Å². The molecule has 0 aromatic heterocycles. The largest absolute Gasteiger partial charge is 0.476 e. The molecule has 0 fully saturated rings. The molecule has 0 unspecified atom stereocenters. The quantitative estimate of drug-likeness (QED) is 0.0702. The summed E-state index contributed by atoms with van der Waals surface area (Å²) in [6.07, 6.45) is 27.9. The summed E-state index contributed by atoms with van der Waals surface area (Å²) in [5, 5.41) is 0. The van der Waals surface area contributed by atoms with Crippen molar-refractivity contribution in [3.8, 4) is 0 Å². The van der Waals surface area contributed by atoms with Gasteiger partial charge in [-0.2, -0.15) is 0 Å². The highest BCUT2D eigenvalue weighted by molar-refractivity contribution is 4.72. The zero-order valence-corrected chi connectivity index (χ0v) is 21.9. The first-order valence-corrected chi connectivity index (χ1v) is 13.8. The monoisotopic (exact) mass is 456 g/mol. The van der Waals surface area contributed by atoms with Crippen molar-refractivity contribution in [2.24, 2.45) is 0 Å². The highest BCUT2D eigenvalue weighted by Gasteiger charge is 2.09. The number of rotatable bonds is 27. The van der Waals surface area contributed by atoms with Gasteiger partial charge in [0.25, 0.3) is 0 Å². The second kappa shape index (κ2) is 28.5. The van der Waals surface area contributed by atoms with Crippen molar-refractivity contribution >= 4 is 0 Å². The maximum atomic E-state index is 6.13. The average molecular weight is 457 g/mol. The molecule has 0 saturated carbocycles. The SMILES string of the molecule is CCCCCCCCOC(CCCCCCCC=COCOC)OCCCCCCCC. The van der Waals surface area contributed by atoms with E-state index in [-0.39, 0.29) is 6.29 Å². The first kappa shape index (κ1) is 31.4. The van der Waals surface area contributed by atoms with Gasteiger partial charge in [-0.15, -0.1) is 0 Å². The second-order valence-electron chi connectivity index (χ2n) is 9.00. The normalized spacial score (nSPS) is 11.8. The minimum atomic E-state index is 0.00199. The van der Waals surface area contributed by atoms with Crippen LogP contribution in [0.5, 0.6) is 0 Å². The van der Waals surface area contributed by atoms with E-state index in [4.69, 9.17) is 18.9 Å². The van der Waals surface area contributed by atoms with E-state index in [0.717, 1.165) is 26.1 Å². The third-order valence-electron chi connectivity index (χ3n) is 5.79. The average Bonchev–Trinajstić information content (AvgIpc) is 2.80. The van der Waals surface area contributed by atoms with E-state index in [1.807, 2.05) is 0 Å². The Hall–Kier alpha value is -0.580. The van der Waals surface area contributed by atoms with Gasteiger partial charge in [0, 0.05) is 20.3 Å². The lowest BCUT2D eigenvalue weighted by atomic mass is 10.1. The summed E-state index contributed by atoms with van der Waals surface area (Å²) < 4.78 is 22.3. The fourth-order valence-corrected chi connectivity index (χ4v) is 3.76. The molecule has 0 radical (unpaired) electrons. The number of allylic oxidation sites excluding steroid dienone is 1. The third-order valence-corrected chi connectivity index (χ3v) is 5.79. The van der Waals surface area contributed by atoms with Gasteiger partial charge in [0.2, 0.25) is 0 Å². The Balaban J connectivity index is 3.83. The van der Waals surface area contributed by atoms with Crippen LogP contribution >= 0.6 is 0 Å². The second-order valence-corrected chi connectivity index (χ2v) is 9.00. The lowest BCUT2D eigenvalue weighted by Crippen LogP contribution is -2.19. The van der Waals surface area contributed by atoms with Crippen molar-refractivity contribution in [1.29, 1.82) is 0 Å². The number of ether oxygens (including phenoxy) is 4. The highest BCUT2D eigenvalue weighted by Crippen LogP contribution is 2.14. The predicted molar refractivity (Wildman–Crippen MR) is 137 cm³/mol. The summed E-state index contributed by atoms with van der Waals surface area (Å²) in [5.41, 5.74) is 0. The molecule has 0 saturated heterocycles. The minimum absolute atomic E-state index is 0.00199. The standard InChI is InChI=1S/C28H56O4/c1-4-6-8-10-17-21-25-31-28(32-26-22-18-11-9-7-5-2)23-19-15-13-12-14-16-20-24-30-27-29-3/h20,24,28H,4-19,21-23,25-27H2,1-3H3. The predicted octanol–water partition coefficient (Wildman–Crippen LogP) is 8.93. The molecule has 0 atom stereocenters. The molecule has 4 nitrogen and oxygen atoms in total. The maximum Gasteiger partial charge on any atom is 0.187 e. The van der Waals surface area contributed by atoms with Gasteiger partial charge in [-0.25, -0.2) is 0 Å². The molecule has 0 bridgehead atoms. The molecule has 0 aromatic rings. The fraction of sp³-hybridized carbons (Fsp3) is 0.929. The van der Waals surface area contributed by atoms with Gasteiger partial charge < -0.3 is 18.9 Å². The molecule has 192 valence electrons. The Kier molecular flexibility index (Phi) is 27.9. The van der Waals surface area contributed by atoms with Crippen LogP contribution in [-0.4, -0.2) is 33.4 Å². The summed E-state index contributed by atoms with van der Waals surface area (Å²) in [6, 6.07) is 0. The van der Waals surface area contributed by atoms with Crippen molar-refractivity contribution in [3.05, 3.63) is 12.3 Å². The summed E-state index contributed by atoms with van der Waals surface area (Å²) in [6.45, 7) is 6.58. The van der Waals surface area contributed by atoms with Gasteiger partial charge in [0.1, 0.15) is 0 Å². The van der Waals surface area contributed by atoms with Gasteiger partial charge >= 0.3 is 0 Å². The minimum Gasteiger partial charge on any atom is -0.476 e. The van der Waals surface area contributed by atoms with Crippen molar-refractivity contribution in [2.75, 3.05) is 27.1 Å². The lowest BCUT2D eigenvalue weighted by molar-refractivity contribution is -0.148. The van der Waals surface area contributed by atoms with Crippen LogP contribution in [0, 0.1) is 0 Å². The zero-order valence-electron chi connectivity index (χ0n) is 21.9. The van der Waals surface area contributed by atoms with Crippen LogP contribution in [0.2, 0.25) is 0 Å². The van der Waals surface area contributed by atoms with Crippen LogP contribution in [0.15, 0.2) is 12.3 Å². The first-order chi connectivity index (χ1) is 15.8. The number of hydrogen-bond acceptors (Lipinski definition) is 4. The molecule has 0 spiro atoms. The van der Waals surface area contributed by atoms with Crippen molar-refractivity contribution in [3.63, 3.8) is 0 Å². The fourth-order valence-electron chi connectivity index (χ4n) is 3.76. The maximum absolute atomic E-state index is 6.13. The Bertz CT molecular complexity index is 341. The molecule has 0 aliphatic rings. The molecule has 0 N–H and O–H groups in total. The third kappa shape index (κ3) is 25.7. The van der Waals surface area contributed by atoms with E-state index >= 15 is 0 Å². The van der Waals surface area contributed by atoms with Crippen LogP contribution in [0.1, 0.15) is 136 Å². The van der Waals surface area contributed by atoms with E-state index in [0.29, 0.717) is 6.79 Å². The van der Waals surface area contributed by atoms with Crippen LogP contribution in [0.3, 0.4) is 0 Å². The van der Waals surface area contributed by atoms with E-state index in [1.165, 1.54) is 109 Å². The number of unbranched alkanes of at least 4 members (excludes halogenated alkanes) is 15. The molecule has 32 heavy (non-hydrogen) atoms. The molecule has 0 heterocycles. The summed E-state index contributed by atoms with van der Waals surface area (Å²) in [4.78, 5) is 0. The van der Waals surface area contributed by atoms with E-state index in [2.05, 4.69) is 19.9 Å². The van der Waals surface area contributed by atoms with Gasteiger partial charge in [-0.05, 0) is 44.6 Å². The van der Waals surface area contributed by atoms with E-state index < -0.39 is 0 Å². The van der Waals surface area contributed by atoms with Crippen LogP contribution in [0.25, 0.3) is 0 Å².